The van der Waals surface area contributed by atoms with Gasteiger partial charge in [0.05, 0.1) is 0 Å². The molecule has 0 aliphatic heterocycles. The summed E-state index contributed by atoms with van der Waals surface area (Å²) in [5.41, 5.74) is 2.98. The van der Waals surface area contributed by atoms with Gasteiger partial charge in [-0.25, -0.2) is 9.97 Å². The number of nitro groups is 1. The van der Waals surface area contributed by atoms with Crippen molar-refractivity contribution in [2.45, 2.75) is 13.8 Å². The summed E-state index contributed by atoms with van der Waals surface area (Å²) in [6.07, 6.45) is 1.26. The lowest BCUT2D eigenvalue weighted by Crippen LogP contribution is -1.99. The van der Waals surface area contributed by atoms with E-state index in [1.807, 2.05) is 26.0 Å². The molecule has 6 nitrogen and oxygen atoms in total. The highest BCUT2D eigenvalue weighted by Gasteiger charge is 2.18. The quantitative estimate of drug-likeness (QED) is 0.485. The Balaban J connectivity index is 2.58. The van der Waals surface area contributed by atoms with Crippen LogP contribution in [0.5, 0.6) is 0 Å². The molecule has 0 unspecified atom stereocenters. The molecule has 0 fully saturated rings. The molecule has 0 aromatic carbocycles. The molecule has 0 amide bonds. The average molecular weight is 242 g/mol. The molecule has 0 saturated carbocycles. The van der Waals surface area contributed by atoms with Gasteiger partial charge in [0.15, 0.2) is 0 Å². The van der Waals surface area contributed by atoms with E-state index in [0.717, 1.165) is 16.6 Å². The van der Waals surface area contributed by atoms with Crippen molar-refractivity contribution in [3.05, 3.63) is 45.8 Å². The number of aryl methyl sites for hydroxylation is 2. The van der Waals surface area contributed by atoms with Crippen molar-refractivity contribution in [1.82, 2.24) is 14.4 Å². The smallest absolute Gasteiger partial charge is 0.349 e. The molecular formula is C12H10N4O2. The Morgan fingerprint density at radius 1 is 1.33 bits per heavy atom. The zero-order valence-electron chi connectivity index (χ0n) is 9.91. The van der Waals surface area contributed by atoms with Crippen LogP contribution < -0.4 is 0 Å². The summed E-state index contributed by atoms with van der Waals surface area (Å²) >= 11 is 0. The minimum atomic E-state index is -0.446. The normalized spacial score (nSPS) is 11.2. The van der Waals surface area contributed by atoms with Crippen molar-refractivity contribution in [2.24, 2.45) is 0 Å². The van der Waals surface area contributed by atoms with E-state index in [9.17, 15) is 10.1 Å². The first kappa shape index (κ1) is 10.6. The second-order valence-corrected chi connectivity index (χ2v) is 4.22. The van der Waals surface area contributed by atoms with E-state index >= 15 is 0 Å². The van der Waals surface area contributed by atoms with Crippen molar-refractivity contribution < 1.29 is 4.92 Å². The number of hydrogen-bond acceptors (Lipinski definition) is 4. The Morgan fingerprint density at radius 3 is 2.83 bits per heavy atom. The second-order valence-electron chi connectivity index (χ2n) is 4.22. The van der Waals surface area contributed by atoms with Gasteiger partial charge in [-0.2, -0.15) is 4.40 Å². The predicted molar refractivity (Wildman–Crippen MR) is 66.6 cm³/mol. The molecule has 3 aromatic heterocycles. The first-order valence-corrected chi connectivity index (χ1v) is 5.47. The molecule has 0 saturated heterocycles. The Bertz CT molecular complexity index is 791. The molecule has 3 heterocycles. The summed E-state index contributed by atoms with van der Waals surface area (Å²) in [5, 5.41) is 11.9. The average Bonchev–Trinajstić information content (AvgIpc) is 2.72. The molecule has 18 heavy (non-hydrogen) atoms. The highest BCUT2D eigenvalue weighted by atomic mass is 16.6. The fourth-order valence-electron chi connectivity index (χ4n) is 2.18. The van der Waals surface area contributed by atoms with Gasteiger partial charge in [-0.15, -0.1) is 0 Å². The molecule has 0 atom stereocenters. The predicted octanol–water partition coefficient (Wildman–Crippen LogP) is 2.41. The van der Waals surface area contributed by atoms with Crippen LogP contribution >= 0.6 is 0 Å². The summed E-state index contributed by atoms with van der Waals surface area (Å²) in [4.78, 5) is 19.0. The highest BCUT2D eigenvalue weighted by Crippen LogP contribution is 2.23. The molecule has 0 bridgehead atoms. The Hall–Kier alpha value is -2.50. The van der Waals surface area contributed by atoms with Crippen molar-refractivity contribution in [3.8, 4) is 0 Å². The first-order chi connectivity index (χ1) is 8.58. The summed E-state index contributed by atoms with van der Waals surface area (Å²) in [7, 11) is 0. The summed E-state index contributed by atoms with van der Waals surface area (Å²) in [5.74, 6) is -0.0619. The molecule has 0 N–H and O–H groups in total. The number of hydrogen-bond donors (Lipinski definition) is 0. The van der Waals surface area contributed by atoms with E-state index in [0.29, 0.717) is 11.3 Å². The van der Waals surface area contributed by atoms with Crippen LogP contribution in [0.1, 0.15) is 11.3 Å². The van der Waals surface area contributed by atoms with Gasteiger partial charge in [0, 0.05) is 17.1 Å². The maximum Gasteiger partial charge on any atom is 0.349 e. The van der Waals surface area contributed by atoms with Crippen LogP contribution in [0.2, 0.25) is 0 Å². The minimum Gasteiger partial charge on any atom is -0.358 e. The number of fused-ring (bicyclic) bond motifs is 3. The Morgan fingerprint density at radius 2 is 2.11 bits per heavy atom. The van der Waals surface area contributed by atoms with E-state index in [1.165, 1.54) is 10.6 Å². The molecule has 6 heteroatoms. The molecule has 3 rings (SSSR count). The lowest BCUT2D eigenvalue weighted by Gasteiger charge is -2.03. The standard InChI is InChI=1S/C12H10N4O2/c1-7-5-8(2)14-12-9(7)3-4-10-13-6-11(15(10)12)16(17)18/h3-6H,1-2H3. The van der Waals surface area contributed by atoms with E-state index < -0.39 is 4.92 Å². The number of pyridine rings is 2. The number of imidazole rings is 1. The summed E-state index contributed by atoms with van der Waals surface area (Å²) in [6, 6.07) is 5.61. The third kappa shape index (κ3) is 1.35. The zero-order valence-corrected chi connectivity index (χ0v) is 9.91. The third-order valence-electron chi connectivity index (χ3n) is 2.94. The van der Waals surface area contributed by atoms with Crippen molar-refractivity contribution in [2.75, 3.05) is 0 Å². The van der Waals surface area contributed by atoms with E-state index in [-0.39, 0.29) is 5.82 Å². The lowest BCUT2D eigenvalue weighted by molar-refractivity contribution is -0.390. The van der Waals surface area contributed by atoms with Crippen LogP contribution in [0.4, 0.5) is 5.82 Å². The van der Waals surface area contributed by atoms with Gasteiger partial charge in [-0.1, -0.05) is 0 Å². The van der Waals surface area contributed by atoms with Crippen LogP contribution in [0.3, 0.4) is 0 Å². The lowest BCUT2D eigenvalue weighted by atomic mass is 10.1. The van der Waals surface area contributed by atoms with Crippen LogP contribution in [-0.2, 0) is 0 Å². The van der Waals surface area contributed by atoms with Crippen molar-refractivity contribution in [3.63, 3.8) is 0 Å². The maximum atomic E-state index is 11.0. The SMILES string of the molecule is Cc1cc(C)c2ccc3ncc([N+](=O)[O-])n3c2n1. The summed E-state index contributed by atoms with van der Waals surface area (Å²) in [6.45, 7) is 3.83. The minimum absolute atomic E-state index is 0.0619. The van der Waals surface area contributed by atoms with Crippen LogP contribution in [0.15, 0.2) is 24.4 Å². The molecule has 0 radical (unpaired) electrons. The third-order valence-corrected chi connectivity index (χ3v) is 2.94. The largest absolute Gasteiger partial charge is 0.358 e. The second kappa shape index (κ2) is 3.49. The first-order valence-electron chi connectivity index (χ1n) is 5.47. The number of rotatable bonds is 1. The van der Waals surface area contributed by atoms with Gasteiger partial charge in [0.2, 0.25) is 11.3 Å². The van der Waals surface area contributed by atoms with Gasteiger partial charge in [0.1, 0.15) is 6.20 Å². The van der Waals surface area contributed by atoms with Crippen molar-refractivity contribution >= 4 is 22.5 Å². The monoisotopic (exact) mass is 242 g/mol. The topological polar surface area (TPSA) is 73.3 Å². The maximum absolute atomic E-state index is 11.0. The van der Waals surface area contributed by atoms with Crippen LogP contribution in [-0.4, -0.2) is 19.3 Å². The molecule has 3 aromatic rings. The fraction of sp³-hybridized carbons (Fsp3) is 0.167. The van der Waals surface area contributed by atoms with Crippen LogP contribution in [0.25, 0.3) is 16.7 Å². The molecule has 0 aliphatic carbocycles. The Labute approximate surface area is 102 Å². The van der Waals surface area contributed by atoms with E-state index in [1.54, 1.807) is 6.07 Å². The van der Waals surface area contributed by atoms with Gasteiger partial charge in [-0.05, 0) is 36.5 Å². The Kier molecular flexibility index (Phi) is 2.07. The van der Waals surface area contributed by atoms with Gasteiger partial charge in [0.25, 0.3) is 0 Å². The zero-order chi connectivity index (χ0) is 12.9. The van der Waals surface area contributed by atoms with Gasteiger partial charge < -0.3 is 10.1 Å². The molecular weight excluding hydrogens is 232 g/mol. The molecule has 0 aliphatic rings. The number of aromatic nitrogens is 3. The fourth-order valence-corrected chi connectivity index (χ4v) is 2.18. The van der Waals surface area contributed by atoms with E-state index in [4.69, 9.17) is 0 Å². The summed E-state index contributed by atoms with van der Waals surface area (Å²) < 4.78 is 1.48. The van der Waals surface area contributed by atoms with E-state index in [2.05, 4.69) is 9.97 Å². The van der Waals surface area contributed by atoms with Gasteiger partial charge >= 0.3 is 5.82 Å². The van der Waals surface area contributed by atoms with Crippen LogP contribution in [0, 0.1) is 24.0 Å². The molecule has 0 spiro atoms. The highest BCUT2D eigenvalue weighted by molar-refractivity contribution is 5.82. The van der Waals surface area contributed by atoms with Gasteiger partial charge in [-0.3, -0.25) is 0 Å². The number of nitrogens with zero attached hydrogens (tertiary/aromatic N) is 4. The van der Waals surface area contributed by atoms with Crippen molar-refractivity contribution in [1.29, 1.82) is 0 Å². The molecule has 90 valence electrons.